The van der Waals surface area contributed by atoms with Gasteiger partial charge in [0, 0.05) is 12.2 Å². The van der Waals surface area contributed by atoms with Gasteiger partial charge in [-0.1, -0.05) is 12.8 Å². The van der Waals surface area contributed by atoms with Gasteiger partial charge >= 0.3 is 0 Å². The minimum atomic E-state index is 0.740. The summed E-state index contributed by atoms with van der Waals surface area (Å²) < 4.78 is 0. The van der Waals surface area contributed by atoms with Crippen LogP contribution in [0.4, 0.5) is 5.69 Å². The first-order valence-corrected chi connectivity index (χ1v) is 6.04. The average Bonchev–Trinajstić information content (AvgIpc) is 2.80. The molecule has 2 heteroatoms. The molecule has 0 spiro atoms. The first kappa shape index (κ1) is 11.0. The van der Waals surface area contributed by atoms with Gasteiger partial charge in [0.1, 0.15) is 0 Å². The van der Waals surface area contributed by atoms with Gasteiger partial charge in [0.05, 0.1) is 11.6 Å². The molecule has 0 bridgehead atoms. The van der Waals surface area contributed by atoms with Crippen LogP contribution in [0.2, 0.25) is 0 Å². The minimum absolute atomic E-state index is 0.740. The van der Waals surface area contributed by atoms with E-state index in [9.17, 15) is 0 Å². The Kier molecular flexibility index (Phi) is 3.46. The fourth-order valence-corrected chi connectivity index (χ4v) is 2.40. The predicted octanol–water partition coefficient (Wildman–Crippen LogP) is 3.47. The lowest BCUT2D eigenvalue weighted by Gasteiger charge is -2.13. The van der Waals surface area contributed by atoms with E-state index in [-0.39, 0.29) is 0 Å². The molecule has 1 aromatic carbocycles. The van der Waals surface area contributed by atoms with Crippen LogP contribution in [0.3, 0.4) is 0 Å². The van der Waals surface area contributed by atoms with Crippen molar-refractivity contribution in [3.8, 4) is 6.07 Å². The molecule has 1 aromatic rings. The van der Waals surface area contributed by atoms with Crippen LogP contribution < -0.4 is 5.32 Å². The fourth-order valence-electron chi connectivity index (χ4n) is 2.40. The second-order valence-electron chi connectivity index (χ2n) is 4.67. The second-order valence-corrected chi connectivity index (χ2v) is 4.67. The lowest BCUT2D eigenvalue weighted by atomic mass is 10.1. The van der Waals surface area contributed by atoms with Gasteiger partial charge in [0.2, 0.25) is 0 Å². The number of aryl methyl sites for hydroxylation is 1. The van der Waals surface area contributed by atoms with Crippen molar-refractivity contribution in [2.24, 2.45) is 5.92 Å². The van der Waals surface area contributed by atoms with E-state index >= 15 is 0 Å². The van der Waals surface area contributed by atoms with Crippen molar-refractivity contribution >= 4 is 5.69 Å². The van der Waals surface area contributed by atoms with Crippen molar-refractivity contribution in [2.75, 3.05) is 11.9 Å². The van der Waals surface area contributed by atoms with Gasteiger partial charge in [-0.15, -0.1) is 0 Å². The summed E-state index contributed by atoms with van der Waals surface area (Å²) in [7, 11) is 0. The van der Waals surface area contributed by atoms with Crippen LogP contribution in [-0.2, 0) is 0 Å². The molecule has 0 atom stereocenters. The van der Waals surface area contributed by atoms with Crippen LogP contribution >= 0.6 is 0 Å². The van der Waals surface area contributed by atoms with Gasteiger partial charge in [0.15, 0.2) is 0 Å². The second kappa shape index (κ2) is 5.03. The monoisotopic (exact) mass is 214 g/mol. The molecule has 1 fully saturated rings. The highest BCUT2D eigenvalue weighted by Crippen LogP contribution is 2.25. The molecule has 1 saturated carbocycles. The Labute approximate surface area is 97.3 Å². The number of benzene rings is 1. The first-order chi connectivity index (χ1) is 7.79. The lowest BCUT2D eigenvalue weighted by Crippen LogP contribution is -2.11. The molecule has 2 rings (SSSR count). The molecule has 0 heterocycles. The molecule has 2 nitrogen and oxygen atoms in total. The third-order valence-corrected chi connectivity index (χ3v) is 3.41. The number of nitrogens with zero attached hydrogens (tertiary/aromatic N) is 1. The minimum Gasteiger partial charge on any atom is -0.385 e. The first-order valence-electron chi connectivity index (χ1n) is 6.04. The summed E-state index contributed by atoms with van der Waals surface area (Å²) in [6, 6.07) is 8.00. The van der Waals surface area contributed by atoms with Crippen LogP contribution in [0.25, 0.3) is 0 Å². The maximum atomic E-state index is 8.79. The molecule has 16 heavy (non-hydrogen) atoms. The smallest absolute Gasteiger partial charge is 0.0991 e. The molecule has 0 aromatic heterocycles. The van der Waals surface area contributed by atoms with Gasteiger partial charge in [-0.25, -0.2) is 0 Å². The van der Waals surface area contributed by atoms with Crippen LogP contribution in [0.15, 0.2) is 18.2 Å². The van der Waals surface area contributed by atoms with Gasteiger partial charge in [0.25, 0.3) is 0 Å². The van der Waals surface area contributed by atoms with E-state index in [0.717, 1.165) is 23.6 Å². The molecule has 1 aliphatic rings. The normalized spacial score (nSPS) is 16.0. The van der Waals surface area contributed by atoms with Gasteiger partial charge in [-0.05, 0) is 49.4 Å². The summed E-state index contributed by atoms with van der Waals surface area (Å²) in [4.78, 5) is 0. The Morgan fingerprint density at radius 1 is 1.38 bits per heavy atom. The zero-order valence-electron chi connectivity index (χ0n) is 9.79. The Morgan fingerprint density at radius 2 is 2.12 bits per heavy atom. The fraction of sp³-hybridized carbons (Fsp3) is 0.500. The molecule has 1 N–H and O–H groups in total. The molecule has 84 valence electrons. The number of nitrogens with one attached hydrogen (secondary N) is 1. The van der Waals surface area contributed by atoms with Crippen molar-refractivity contribution in [1.29, 1.82) is 5.26 Å². The van der Waals surface area contributed by atoms with Crippen molar-refractivity contribution in [3.05, 3.63) is 29.3 Å². The SMILES string of the molecule is Cc1cc(C#N)ccc1NCC1CCCC1. The molecular weight excluding hydrogens is 196 g/mol. The van der Waals surface area contributed by atoms with Crippen LogP contribution in [0.1, 0.15) is 36.8 Å². The van der Waals surface area contributed by atoms with Crippen molar-refractivity contribution in [3.63, 3.8) is 0 Å². The number of hydrogen-bond acceptors (Lipinski definition) is 2. The van der Waals surface area contributed by atoms with E-state index in [1.165, 1.54) is 31.4 Å². The number of nitriles is 1. The third kappa shape index (κ3) is 2.55. The largest absolute Gasteiger partial charge is 0.385 e. The molecule has 0 radical (unpaired) electrons. The average molecular weight is 214 g/mol. The van der Waals surface area contributed by atoms with Crippen LogP contribution in [0.5, 0.6) is 0 Å². The summed E-state index contributed by atoms with van der Waals surface area (Å²) in [6.45, 7) is 3.13. The standard InChI is InChI=1S/C14H18N2/c1-11-8-13(9-15)6-7-14(11)16-10-12-4-2-3-5-12/h6-8,12,16H,2-5,10H2,1H3. The Hall–Kier alpha value is -1.49. The topological polar surface area (TPSA) is 35.8 Å². The molecule has 0 amide bonds. The highest BCUT2D eigenvalue weighted by molar-refractivity contribution is 5.54. The number of hydrogen-bond donors (Lipinski definition) is 1. The summed E-state index contributed by atoms with van der Waals surface area (Å²) >= 11 is 0. The highest BCUT2D eigenvalue weighted by atomic mass is 14.9. The Bertz CT molecular complexity index is 398. The van der Waals surface area contributed by atoms with Crippen molar-refractivity contribution in [2.45, 2.75) is 32.6 Å². The molecule has 1 aliphatic carbocycles. The quantitative estimate of drug-likeness (QED) is 0.836. The van der Waals surface area contributed by atoms with Crippen molar-refractivity contribution < 1.29 is 0 Å². The molecular formula is C14H18N2. The highest BCUT2D eigenvalue weighted by Gasteiger charge is 2.14. The van der Waals surface area contributed by atoms with E-state index in [2.05, 4.69) is 18.3 Å². The molecule has 0 unspecified atom stereocenters. The van der Waals surface area contributed by atoms with Gasteiger partial charge in [-0.3, -0.25) is 0 Å². The zero-order chi connectivity index (χ0) is 11.4. The van der Waals surface area contributed by atoms with E-state index in [0.29, 0.717) is 0 Å². The zero-order valence-corrected chi connectivity index (χ0v) is 9.79. The predicted molar refractivity (Wildman–Crippen MR) is 66.3 cm³/mol. The summed E-state index contributed by atoms with van der Waals surface area (Å²) in [5.41, 5.74) is 3.08. The van der Waals surface area contributed by atoms with E-state index < -0.39 is 0 Å². The third-order valence-electron chi connectivity index (χ3n) is 3.41. The Balaban J connectivity index is 1.96. The van der Waals surface area contributed by atoms with Crippen molar-refractivity contribution in [1.82, 2.24) is 0 Å². The van der Waals surface area contributed by atoms with Crippen LogP contribution in [-0.4, -0.2) is 6.54 Å². The maximum Gasteiger partial charge on any atom is 0.0991 e. The van der Waals surface area contributed by atoms with Gasteiger partial charge < -0.3 is 5.32 Å². The number of rotatable bonds is 3. The summed E-state index contributed by atoms with van der Waals surface area (Å²) in [5, 5.41) is 12.3. The molecule has 0 saturated heterocycles. The lowest BCUT2D eigenvalue weighted by molar-refractivity contribution is 0.580. The summed E-state index contributed by atoms with van der Waals surface area (Å²) in [5.74, 6) is 0.843. The van der Waals surface area contributed by atoms with Gasteiger partial charge in [-0.2, -0.15) is 5.26 Å². The Morgan fingerprint density at radius 3 is 2.75 bits per heavy atom. The molecule has 0 aliphatic heterocycles. The van der Waals surface area contributed by atoms with Crippen LogP contribution in [0, 0.1) is 24.2 Å². The number of anilines is 1. The van der Waals surface area contributed by atoms with E-state index in [1.807, 2.05) is 18.2 Å². The van der Waals surface area contributed by atoms with E-state index in [4.69, 9.17) is 5.26 Å². The maximum absolute atomic E-state index is 8.79. The summed E-state index contributed by atoms with van der Waals surface area (Å²) in [6.07, 6.45) is 5.50. The van der Waals surface area contributed by atoms with E-state index in [1.54, 1.807) is 0 Å².